The van der Waals surface area contributed by atoms with Gasteiger partial charge in [0.05, 0.1) is 11.9 Å². The molecule has 0 radical (unpaired) electrons. The molecule has 0 fully saturated rings. The first-order valence-electron chi connectivity index (χ1n) is 5.55. The molecule has 0 saturated carbocycles. The highest BCUT2D eigenvalue weighted by Crippen LogP contribution is 2.09. The highest BCUT2D eigenvalue weighted by Gasteiger charge is 1.98. The van der Waals surface area contributed by atoms with Crippen LogP contribution in [0.25, 0.3) is 11.4 Å². The van der Waals surface area contributed by atoms with Crippen LogP contribution in [0.3, 0.4) is 0 Å². The molecule has 0 aliphatic heterocycles. The van der Waals surface area contributed by atoms with E-state index < -0.39 is 0 Å². The Labute approximate surface area is 110 Å². The molecule has 5 nitrogen and oxygen atoms in total. The van der Waals surface area contributed by atoms with Gasteiger partial charge >= 0.3 is 0 Å². The van der Waals surface area contributed by atoms with Gasteiger partial charge in [0.1, 0.15) is 11.4 Å². The van der Waals surface area contributed by atoms with Crippen molar-refractivity contribution in [2.75, 3.05) is 0 Å². The summed E-state index contributed by atoms with van der Waals surface area (Å²) in [7, 11) is 0. The van der Waals surface area contributed by atoms with Gasteiger partial charge in [-0.05, 0) is 24.3 Å². The van der Waals surface area contributed by atoms with Crippen molar-refractivity contribution in [1.29, 1.82) is 0 Å². The molecular formula is C14H11N5. The average Bonchev–Trinajstić information content (AvgIpc) is 3.04. The lowest BCUT2D eigenvalue weighted by Crippen LogP contribution is -1.80. The summed E-state index contributed by atoms with van der Waals surface area (Å²) in [6.07, 6.45) is 10.1. The monoisotopic (exact) mass is 249 g/mol. The van der Waals surface area contributed by atoms with Gasteiger partial charge in [-0.25, -0.2) is 4.98 Å². The van der Waals surface area contributed by atoms with E-state index in [4.69, 9.17) is 6.42 Å². The zero-order valence-electron chi connectivity index (χ0n) is 10.1. The molecule has 1 N–H and O–H groups in total. The summed E-state index contributed by atoms with van der Waals surface area (Å²) in [6.45, 7) is 0. The normalized spacial score (nSPS) is 9.00. The maximum absolute atomic E-state index is 5.04. The lowest BCUT2D eigenvalue weighted by Gasteiger charge is -1.89. The predicted molar refractivity (Wildman–Crippen MR) is 71.8 cm³/mol. The van der Waals surface area contributed by atoms with Gasteiger partial charge in [-0.15, -0.1) is 6.42 Å². The van der Waals surface area contributed by atoms with Gasteiger partial charge in [0.15, 0.2) is 0 Å². The van der Waals surface area contributed by atoms with Crippen molar-refractivity contribution in [2.45, 2.75) is 0 Å². The number of hydrogen-bond donors (Lipinski definition) is 1. The van der Waals surface area contributed by atoms with Crippen molar-refractivity contribution in [3.05, 3.63) is 60.7 Å². The van der Waals surface area contributed by atoms with Crippen molar-refractivity contribution in [2.24, 2.45) is 0 Å². The number of hydrogen-bond acceptors (Lipinski definition) is 4. The van der Waals surface area contributed by atoms with E-state index in [1.54, 1.807) is 24.7 Å². The molecule has 0 aliphatic carbocycles. The molecule has 0 unspecified atom stereocenters. The SMILES string of the molecule is C#Cc1ccccn1.c1ccc(-c2cn[nH]n2)nc1. The van der Waals surface area contributed by atoms with Crippen LogP contribution in [0.1, 0.15) is 5.69 Å². The lowest BCUT2D eigenvalue weighted by atomic mass is 10.3. The Morgan fingerprint density at radius 1 is 0.947 bits per heavy atom. The van der Waals surface area contributed by atoms with Crippen LogP contribution in [0, 0.1) is 12.3 Å². The van der Waals surface area contributed by atoms with Crippen molar-refractivity contribution in [3.8, 4) is 23.7 Å². The van der Waals surface area contributed by atoms with E-state index in [-0.39, 0.29) is 0 Å². The Morgan fingerprint density at radius 2 is 1.74 bits per heavy atom. The Morgan fingerprint density at radius 3 is 2.21 bits per heavy atom. The Bertz CT molecular complexity index is 627. The fourth-order valence-corrected chi connectivity index (χ4v) is 1.29. The molecule has 5 heteroatoms. The lowest BCUT2D eigenvalue weighted by molar-refractivity contribution is 0.941. The van der Waals surface area contributed by atoms with Crippen molar-refractivity contribution in [3.63, 3.8) is 0 Å². The first-order valence-corrected chi connectivity index (χ1v) is 5.55. The van der Waals surface area contributed by atoms with Crippen LogP contribution in [0.4, 0.5) is 0 Å². The second-order valence-electron chi connectivity index (χ2n) is 3.43. The second kappa shape index (κ2) is 6.67. The number of aromatic amines is 1. The summed E-state index contributed by atoms with van der Waals surface area (Å²) in [6, 6.07) is 11.2. The molecule has 0 atom stereocenters. The summed E-state index contributed by atoms with van der Waals surface area (Å²) in [4.78, 5) is 7.96. The third-order valence-electron chi connectivity index (χ3n) is 2.16. The maximum atomic E-state index is 5.04. The van der Waals surface area contributed by atoms with Crippen LogP contribution in [-0.4, -0.2) is 25.4 Å². The van der Waals surface area contributed by atoms with Crippen molar-refractivity contribution >= 4 is 0 Å². The largest absolute Gasteiger partial charge is 0.254 e. The molecule has 0 bridgehead atoms. The van der Waals surface area contributed by atoms with Gasteiger partial charge in [-0.3, -0.25) is 4.98 Å². The van der Waals surface area contributed by atoms with Gasteiger partial charge in [0.2, 0.25) is 0 Å². The Kier molecular flexibility index (Phi) is 4.37. The Hall–Kier alpha value is -3.00. The summed E-state index contributed by atoms with van der Waals surface area (Å²) in [5, 5.41) is 10.1. The molecule has 0 aliphatic rings. The number of rotatable bonds is 1. The van der Waals surface area contributed by atoms with E-state index in [0.717, 1.165) is 11.4 Å². The first-order chi connectivity index (χ1) is 9.40. The predicted octanol–water partition coefficient (Wildman–Crippen LogP) is 1.93. The van der Waals surface area contributed by atoms with Gasteiger partial charge in [-0.2, -0.15) is 15.4 Å². The standard InChI is InChI=1S/C7H6N4.C7H5N/c1-2-4-8-6(3-1)7-5-9-11-10-7;1-2-7-5-3-4-6-8-7/h1-5H,(H,9,10,11);1,3-6H. The fraction of sp³-hybridized carbons (Fsp3) is 0. The maximum Gasteiger partial charge on any atom is 0.131 e. The van der Waals surface area contributed by atoms with Crippen LogP contribution in [0.2, 0.25) is 0 Å². The highest BCUT2D eigenvalue weighted by molar-refractivity contribution is 5.50. The number of nitrogens with zero attached hydrogens (tertiary/aromatic N) is 4. The van der Waals surface area contributed by atoms with E-state index in [0.29, 0.717) is 5.69 Å². The minimum absolute atomic E-state index is 0.688. The molecule has 19 heavy (non-hydrogen) atoms. The van der Waals surface area contributed by atoms with Crippen LogP contribution in [-0.2, 0) is 0 Å². The molecule has 0 spiro atoms. The third kappa shape index (κ3) is 3.75. The van der Waals surface area contributed by atoms with E-state index in [2.05, 4.69) is 31.3 Å². The van der Waals surface area contributed by atoms with Crippen LogP contribution in [0.5, 0.6) is 0 Å². The minimum atomic E-state index is 0.688. The Balaban J connectivity index is 0.000000148. The number of H-pyrrole nitrogens is 1. The molecule has 3 aromatic rings. The summed E-state index contributed by atoms with van der Waals surface area (Å²) < 4.78 is 0. The smallest absolute Gasteiger partial charge is 0.131 e. The van der Waals surface area contributed by atoms with Gasteiger partial charge < -0.3 is 0 Å². The minimum Gasteiger partial charge on any atom is -0.254 e. The average molecular weight is 249 g/mol. The zero-order valence-corrected chi connectivity index (χ0v) is 10.1. The molecular weight excluding hydrogens is 238 g/mol. The first kappa shape index (κ1) is 12.5. The molecule has 3 aromatic heterocycles. The molecule has 92 valence electrons. The fourth-order valence-electron chi connectivity index (χ4n) is 1.29. The summed E-state index contributed by atoms with van der Waals surface area (Å²) in [5.74, 6) is 2.42. The number of terminal acetylenes is 1. The second-order valence-corrected chi connectivity index (χ2v) is 3.43. The van der Waals surface area contributed by atoms with E-state index in [1.807, 2.05) is 30.3 Å². The number of pyridine rings is 2. The number of aromatic nitrogens is 5. The van der Waals surface area contributed by atoms with E-state index in [9.17, 15) is 0 Å². The van der Waals surface area contributed by atoms with Crippen molar-refractivity contribution < 1.29 is 0 Å². The third-order valence-corrected chi connectivity index (χ3v) is 2.16. The van der Waals surface area contributed by atoms with Crippen molar-refractivity contribution in [1.82, 2.24) is 25.4 Å². The quantitative estimate of drug-likeness (QED) is 0.669. The summed E-state index contributed by atoms with van der Waals surface area (Å²) in [5.41, 5.74) is 2.29. The van der Waals surface area contributed by atoms with E-state index in [1.165, 1.54) is 0 Å². The zero-order chi connectivity index (χ0) is 13.3. The van der Waals surface area contributed by atoms with E-state index >= 15 is 0 Å². The van der Waals surface area contributed by atoms with Crippen LogP contribution in [0.15, 0.2) is 55.0 Å². The summed E-state index contributed by atoms with van der Waals surface area (Å²) >= 11 is 0. The van der Waals surface area contributed by atoms with Gasteiger partial charge in [0.25, 0.3) is 0 Å². The van der Waals surface area contributed by atoms with Crippen LogP contribution < -0.4 is 0 Å². The molecule has 0 saturated heterocycles. The number of nitrogens with one attached hydrogen (secondary N) is 1. The molecule has 0 aromatic carbocycles. The van der Waals surface area contributed by atoms with Gasteiger partial charge in [-0.1, -0.05) is 18.1 Å². The topological polar surface area (TPSA) is 67.3 Å². The molecule has 3 heterocycles. The van der Waals surface area contributed by atoms with Gasteiger partial charge in [0, 0.05) is 12.4 Å². The molecule has 0 amide bonds. The highest BCUT2D eigenvalue weighted by atomic mass is 15.3. The van der Waals surface area contributed by atoms with Crippen LogP contribution >= 0.6 is 0 Å². The molecule has 3 rings (SSSR count).